The van der Waals surface area contributed by atoms with E-state index in [1.165, 1.54) is 0 Å². The largest absolute Gasteiger partial charge is 0.298 e. The Morgan fingerprint density at radius 1 is 1.14 bits per heavy atom. The van der Waals surface area contributed by atoms with Gasteiger partial charge in [0.05, 0.1) is 17.4 Å². The summed E-state index contributed by atoms with van der Waals surface area (Å²) >= 11 is 0. The van der Waals surface area contributed by atoms with Gasteiger partial charge in [-0.3, -0.25) is 4.90 Å². The second-order valence-corrected chi connectivity index (χ2v) is 7.45. The Kier molecular flexibility index (Phi) is 4.99. The van der Waals surface area contributed by atoms with Crippen molar-refractivity contribution >= 4 is 10.0 Å². The highest BCUT2D eigenvalue weighted by Gasteiger charge is 2.28. The molecule has 0 N–H and O–H groups in total. The second-order valence-electron chi connectivity index (χ2n) is 5.51. The monoisotopic (exact) mass is 307 g/mol. The Morgan fingerprint density at radius 2 is 1.71 bits per heavy atom. The quantitative estimate of drug-likeness (QED) is 0.845. The summed E-state index contributed by atoms with van der Waals surface area (Å²) in [6.07, 6.45) is 0.299. The average molecular weight is 307 g/mol. The van der Waals surface area contributed by atoms with E-state index in [1.54, 1.807) is 28.6 Å². The van der Waals surface area contributed by atoms with Crippen molar-refractivity contribution in [2.45, 2.75) is 31.2 Å². The van der Waals surface area contributed by atoms with Gasteiger partial charge in [-0.2, -0.15) is 9.57 Å². The van der Waals surface area contributed by atoms with Crippen LogP contribution in [0.3, 0.4) is 0 Å². The Hall–Kier alpha value is -1.42. The van der Waals surface area contributed by atoms with Gasteiger partial charge < -0.3 is 0 Å². The SMILES string of the molecule is CC(C)N1CCN(S(=O)(=O)c2ccc(CC#N)cc2)CC1. The normalized spacial score (nSPS) is 17.8. The molecule has 0 saturated carbocycles. The Balaban J connectivity index is 2.10. The van der Waals surface area contributed by atoms with E-state index in [1.807, 2.05) is 0 Å². The predicted octanol–water partition coefficient (Wildman–Crippen LogP) is 1.47. The summed E-state index contributed by atoms with van der Waals surface area (Å²) in [7, 11) is -3.42. The topological polar surface area (TPSA) is 64.4 Å². The summed E-state index contributed by atoms with van der Waals surface area (Å²) < 4.78 is 26.7. The molecule has 0 radical (unpaired) electrons. The van der Waals surface area contributed by atoms with Gasteiger partial charge in [0, 0.05) is 32.2 Å². The zero-order chi connectivity index (χ0) is 15.5. The van der Waals surface area contributed by atoms with Crippen molar-refractivity contribution in [3.05, 3.63) is 29.8 Å². The van der Waals surface area contributed by atoms with Gasteiger partial charge in [0.1, 0.15) is 0 Å². The van der Waals surface area contributed by atoms with E-state index in [4.69, 9.17) is 5.26 Å². The van der Waals surface area contributed by atoms with Gasteiger partial charge in [-0.05, 0) is 31.5 Å². The highest BCUT2D eigenvalue weighted by atomic mass is 32.2. The van der Waals surface area contributed by atoms with Gasteiger partial charge in [0.15, 0.2) is 0 Å². The Bertz CT molecular complexity index is 609. The van der Waals surface area contributed by atoms with E-state index in [2.05, 4.69) is 24.8 Å². The molecule has 5 nitrogen and oxygen atoms in total. The summed E-state index contributed by atoms with van der Waals surface area (Å²) in [5.74, 6) is 0. The molecule has 6 heteroatoms. The van der Waals surface area contributed by atoms with E-state index >= 15 is 0 Å². The molecule has 0 aliphatic carbocycles. The summed E-state index contributed by atoms with van der Waals surface area (Å²) in [6, 6.07) is 9.11. The molecule has 0 amide bonds. The molecule has 1 saturated heterocycles. The van der Waals surface area contributed by atoms with Crippen molar-refractivity contribution in [3.8, 4) is 6.07 Å². The molecule has 1 aromatic carbocycles. The van der Waals surface area contributed by atoms with Crippen LogP contribution in [0.4, 0.5) is 0 Å². The van der Waals surface area contributed by atoms with E-state index in [0.29, 0.717) is 30.4 Å². The molecule has 1 aliphatic rings. The molecule has 0 bridgehead atoms. The summed E-state index contributed by atoms with van der Waals surface area (Å²) in [6.45, 7) is 6.84. The molecule has 21 heavy (non-hydrogen) atoms. The second kappa shape index (κ2) is 6.56. The third kappa shape index (κ3) is 3.62. The molecule has 1 heterocycles. The summed E-state index contributed by atoms with van der Waals surface area (Å²) in [5, 5.41) is 8.64. The number of hydrogen-bond acceptors (Lipinski definition) is 4. The Labute approximate surface area is 126 Å². The van der Waals surface area contributed by atoms with Crippen LogP contribution < -0.4 is 0 Å². The van der Waals surface area contributed by atoms with Crippen LogP contribution in [0.5, 0.6) is 0 Å². The van der Waals surface area contributed by atoms with Crippen molar-refractivity contribution < 1.29 is 8.42 Å². The first-order valence-electron chi connectivity index (χ1n) is 7.15. The Morgan fingerprint density at radius 3 is 2.19 bits per heavy atom. The van der Waals surface area contributed by atoms with E-state index < -0.39 is 10.0 Å². The maximum atomic E-state index is 12.6. The lowest BCUT2D eigenvalue weighted by Crippen LogP contribution is -2.50. The van der Waals surface area contributed by atoms with Crippen molar-refractivity contribution in [1.82, 2.24) is 9.21 Å². The molecule has 1 aliphatic heterocycles. The number of nitrogens with zero attached hydrogens (tertiary/aromatic N) is 3. The highest BCUT2D eigenvalue weighted by Crippen LogP contribution is 2.19. The third-order valence-corrected chi connectivity index (χ3v) is 5.76. The lowest BCUT2D eigenvalue weighted by Gasteiger charge is -2.36. The number of benzene rings is 1. The minimum absolute atomic E-state index is 0.299. The fourth-order valence-corrected chi connectivity index (χ4v) is 3.90. The maximum absolute atomic E-state index is 12.6. The lowest BCUT2D eigenvalue weighted by molar-refractivity contribution is 0.154. The van der Waals surface area contributed by atoms with E-state index in [9.17, 15) is 8.42 Å². The van der Waals surface area contributed by atoms with Gasteiger partial charge in [-0.15, -0.1) is 0 Å². The van der Waals surface area contributed by atoms with E-state index in [-0.39, 0.29) is 0 Å². The van der Waals surface area contributed by atoms with Crippen LogP contribution in [-0.4, -0.2) is 49.8 Å². The first kappa shape index (κ1) is 16.0. The smallest absolute Gasteiger partial charge is 0.243 e. The number of nitriles is 1. The molecular formula is C15H21N3O2S. The zero-order valence-corrected chi connectivity index (χ0v) is 13.3. The standard InChI is InChI=1S/C15H21N3O2S/c1-13(2)17-9-11-18(12-10-17)21(19,20)15-5-3-14(4-6-15)7-8-16/h3-6,13H,7,9-12H2,1-2H3. The fourth-order valence-electron chi connectivity index (χ4n) is 2.48. The maximum Gasteiger partial charge on any atom is 0.243 e. The van der Waals surface area contributed by atoms with Crippen molar-refractivity contribution in [2.75, 3.05) is 26.2 Å². The minimum atomic E-state index is -3.42. The van der Waals surface area contributed by atoms with Crippen molar-refractivity contribution in [3.63, 3.8) is 0 Å². The van der Waals surface area contributed by atoms with Gasteiger partial charge in [0.25, 0.3) is 0 Å². The van der Waals surface area contributed by atoms with Crippen LogP contribution in [0, 0.1) is 11.3 Å². The fraction of sp³-hybridized carbons (Fsp3) is 0.533. The van der Waals surface area contributed by atoms with Crippen LogP contribution in [0.15, 0.2) is 29.2 Å². The number of hydrogen-bond donors (Lipinski definition) is 0. The number of sulfonamides is 1. The van der Waals surface area contributed by atoms with Crippen molar-refractivity contribution in [2.24, 2.45) is 0 Å². The van der Waals surface area contributed by atoms with Gasteiger partial charge in [0.2, 0.25) is 10.0 Å². The first-order chi connectivity index (χ1) is 9.95. The summed E-state index contributed by atoms with van der Waals surface area (Å²) in [4.78, 5) is 2.59. The molecule has 0 atom stereocenters. The molecule has 0 aromatic heterocycles. The van der Waals surface area contributed by atoms with Crippen LogP contribution in [0.1, 0.15) is 19.4 Å². The summed E-state index contributed by atoms with van der Waals surface area (Å²) in [5.41, 5.74) is 0.834. The lowest BCUT2D eigenvalue weighted by atomic mass is 10.2. The van der Waals surface area contributed by atoms with Gasteiger partial charge in [-0.25, -0.2) is 8.42 Å². The average Bonchev–Trinajstić information content (AvgIpc) is 2.48. The third-order valence-electron chi connectivity index (χ3n) is 3.85. The highest BCUT2D eigenvalue weighted by molar-refractivity contribution is 7.89. The molecule has 2 rings (SSSR count). The minimum Gasteiger partial charge on any atom is -0.298 e. The predicted molar refractivity (Wildman–Crippen MR) is 81.2 cm³/mol. The molecule has 1 aromatic rings. The van der Waals surface area contributed by atoms with E-state index in [0.717, 1.165) is 18.7 Å². The number of piperazine rings is 1. The van der Waals surface area contributed by atoms with Gasteiger partial charge >= 0.3 is 0 Å². The number of rotatable bonds is 4. The molecule has 1 fully saturated rings. The molecule has 0 unspecified atom stereocenters. The van der Waals surface area contributed by atoms with Crippen LogP contribution in [0.2, 0.25) is 0 Å². The molecular weight excluding hydrogens is 286 g/mol. The van der Waals surface area contributed by atoms with Gasteiger partial charge in [-0.1, -0.05) is 12.1 Å². The molecule has 0 spiro atoms. The first-order valence-corrected chi connectivity index (χ1v) is 8.59. The molecule has 114 valence electrons. The van der Waals surface area contributed by atoms with Crippen molar-refractivity contribution in [1.29, 1.82) is 5.26 Å². The van der Waals surface area contributed by atoms with Crippen LogP contribution in [0.25, 0.3) is 0 Å². The zero-order valence-electron chi connectivity index (χ0n) is 12.5. The van der Waals surface area contributed by atoms with Crippen LogP contribution in [-0.2, 0) is 16.4 Å². The van der Waals surface area contributed by atoms with Crippen LogP contribution >= 0.6 is 0 Å².